The van der Waals surface area contributed by atoms with E-state index >= 15 is 0 Å². The molecule has 16 rings (SSSR count). The lowest BCUT2D eigenvalue weighted by Gasteiger charge is -2.40. The lowest BCUT2D eigenvalue weighted by Crippen LogP contribution is -2.32. The van der Waals surface area contributed by atoms with Gasteiger partial charge < -0.3 is 4.90 Å². The largest absolute Gasteiger partial charge is 0.310 e. The van der Waals surface area contributed by atoms with Crippen LogP contribution in [0.3, 0.4) is 0 Å². The number of nitrogens with zero attached hydrogens (tertiary/aromatic N) is 1. The van der Waals surface area contributed by atoms with Crippen molar-refractivity contribution < 1.29 is 0 Å². The minimum Gasteiger partial charge on any atom is -0.310 e. The molecule has 0 aromatic heterocycles. The summed E-state index contributed by atoms with van der Waals surface area (Å²) in [5.74, 6) is 0. The van der Waals surface area contributed by atoms with Crippen LogP contribution in [0.1, 0.15) is 44.5 Å². The van der Waals surface area contributed by atoms with Gasteiger partial charge in [-0.3, -0.25) is 0 Å². The van der Waals surface area contributed by atoms with Gasteiger partial charge in [0, 0.05) is 36.5 Å². The molecule has 0 fully saturated rings. The van der Waals surface area contributed by atoms with Gasteiger partial charge in [-0.25, -0.2) is 0 Å². The van der Waals surface area contributed by atoms with Crippen molar-refractivity contribution in [3.8, 4) is 22.3 Å². The number of benzene rings is 12. The predicted molar refractivity (Wildman–Crippen MR) is 296 cm³/mol. The van der Waals surface area contributed by atoms with Crippen LogP contribution in [-0.4, -0.2) is 0 Å². The standard InChI is InChI=1S/C68H41NS2/c1-2-20-46-44(18-1)45-19-3-4-21-47(45)51-40-42(36-38-48(46)51)69(43-37-39-55-52(41-43)49-22-5-7-24-53(49)67(55)56-26-9-13-32-62(56)70-63-33-14-10-27-57(63)67)61-31-17-30-60-66(61)50-23-6-8-25-54(50)68(60)58-28-11-15-34-64(58)71-65-35-16-12-29-59(65)68/h1-41H. The highest BCUT2D eigenvalue weighted by Crippen LogP contribution is 2.66. The van der Waals surface area contributed by atoms with E-state index in [4.69, 9.17) is 0 Å². The molecule has 2 spiro atoms. The van der Waals surface area contributed by atoms with Crippen molar-refractivity contribution in [1.29, 1.82) is 0 Å². The fourth-order valence-electron chi connectivity index (χ4n) is 13.5. The molecular weight excluding hydrogens is 895 g/mol. The first-order chi connectivity index (χ1) is 35.2. The normalized spacial score (nSPS) is 14.6. The Bertz CT molecular complexity index is 4150. The Morgan fingerprint density at radius 3 is 1.20 bits per heavy atom. The van der Waals surface area contributed by atoms with Gasteiger partial charge in [0.1, 0.15) is 0 Å². The first-order valence-corrected chi connectivity index (χ1v) is 26.2. The lowest BCUT2D eigenvalue weighted by molar-refractivity contribution is 0.722. The third-order valence-corrected chi connectivity index (χ3v) is 18.5. The summed E-state index contributed by atoms with van der Waals surface area (Å²) in [7, 11) is 0. The highest BCUT2D eigenvalue weighted by Gasteiger charge is 2.52. The minimum atomic E-state index is -0.506. The quantitative estimate of drug-likeness (QED) is 0.163. The number of fused-ring (bicyclic) bond motifs is 24. The van der Waals surface area contributed by atoms with Crippen molar-refractivity contribution in [2.24, 2.45) is 0 Å². The Morgan fingerprint density at radius 2 is 0.634 bits per heavy atom. The van der Waals surface area contributed by atoms with Crippen LogP contribution in [0.2, 0.25) is 0 Å². The molecule has 12 aromatic rings. The fraction of sp³-hybridized carbons (Fsp3) is 0.0294. The van der Waals surface area contributed by atoms with E-state index in [0.717, 1.165) is 17.1 Å². The lowest BCUT2D eigenvalue weighted by atomic mass is 9.67. The van der Waals surface area contributed by atoms with E-state index in [-0.39, 0.29) is 0 Å². The third-order valence-electron chi connectivity index (χ3n) is 16.2. The Labute approximate surface area is 421 Å². The van der Waals surface area contributed by atoms with E-state index in [1.165, 1.54) is 119 Å². The van der Waals surface area contributed by atoms with E-state index in [1.54, 1.807) is 0 Å². The Balaban J connectivity index is 1.01. The van der Waals surface area contributed by atoms with Crippen LogP contribution in [0.4, 0.5) is 17.1 Å². The van der Waals surface area contributed by atoms with Crippen molar-refractivity contribution in [1.82, 2.24) is 0 Å². The molecule has 0 bridgehead atoms. The summed E-state index contributed by atoms with van der Waals surface area (Å²) in [4.78, 5) is 7.82. The zero-order valence-corrected chi connectivity index (χ0v) is 40.1. The van der Waals surface area contributed by atoms with E-state index in [9.17, 15) is 0 Å². The summed E-state index contributed by atoms with van der Waals surface area (Å²) >= 11 is 3.79. The first-order valence-electron chi connectivity index (χ1n) is 24.6. The average molecular weight is 936 g/mol. The first kappa shape index (κ1) is 39.7. The molecule has 0 N–H and O–H groups in total. The van der Waals surface area contributed by atoms with Gasteiger partial charge in [-0.05, 0) is 148 Å². The van der Waals surface area contributed by atoms with E-state index in [2.05, 4.69) is 254 Å². The highest BCUT2D eigenvalue weighted by molar-refractivity contribution is 7.99. The zero-order chi connectivity index (χ0) is 46.4. The second-order valence-corrected chi connectivity index (χ2v) is 21.5. The van der Waals surface area contributed by atoms with Crippen LogP contribution < -0.4 is 4.90 Å². The van der Waals surface area contributed by atoms with Crippen LogP contribution in [0.25, 0.3) is 54.6 Å². The number of anilines is 3. The van der Waals surface area contributed by atoms with Gasteiger partial charge in [0.2, 0.25) is 0 Å². The summed E-state index contributed by atoms with van der Waals surface area (Å²) in [5.41, 5.74) is 18.2. The maximum Gasteiger partial charge on any atom is 0.0736 e. The molecular formula is C68H41NS2. The van der Waals surface area contributed by atoms with Crippen molar-refractivity contribution >= 4 is 72.9 Å². The molecule has 71 heavy (non-hydrogen) atoms. The van der Waals surface area contributed by atoms with E-state index in [1.807, 2.05) is 23.5 Å². The minimum absolute atomic E-state index is 0.463. The van der Waals surface area contributed by atoms with Gasteiger partial charge in [-0.2, -0.15) is 0 Å². The van der Waals surface area contributed by atoms with Gasteiger partial charge in [0.25, 0.3) is 0 Å². The Morgan fingerprint density at radius 1 is 0.254 bits per heavy atom. The molecule has 0 atom stereocenters. The summed E-state index contributed by atoms with van der Waals surface area (Å²) in [6.07, 6.45) is 0. The summed E-state index contributed by atoms with van der Waals surface area (Å²) in [6, 6.07) is 94.4. The molecule has 2 heterocycles. The van der Waals surface area contributed by atoms with Gasteiger partial charge in [-0.1, -0.05) is 218 Å². The number of hydrogen-bond donors (Lipinski definition) is 0. The van der Waals surface area contributed by atoms with Crippen molar-refractivity contribution in [3.63, 3.8) is 0 Å². The van der Waals surface area contributed by atoms with Crippen molar-refractivity contribution in [2.75, 3.05) is 4.90 Å². The predicted octanol–water partition coefficient (Wildman–Crippen LogP) is 18.3. The highest BCUT2D eigenvalue weighted by atomic mass is 32.2. The topological polar surface area (TPSA) is 3.24 Å². The van der Waals surface area contributed by atoms with Crippen molar-refractivity contribution in [3.05, 3.63) is 293 Å². The second kappa shape index (κ2) is 14.7. The second-order valence-electron chi connectivity index (χ2n) is 19.4. The molecule has 0 amide bonds. The molecule has 2 aliphatic heterocycles. The van der Waals surface area contributed by atoms with Crippen LogP contribution in [0.15, 0.2) is 268 Å². The van der Waals surface area contributed by atoms with Crippen LogP contribution in [-0.2, 0) is 10.8 Å². The van der Waals surface area contributed by atoms with E-state index in [0.29, 0.717) is 0 Å². The maximum absolute atomic E-state index is 2.58. The molecule has 2 aliphatic carbocycles. The smallest absolute Gasteiger partial charge is 0.0736 e. The van der Waals surface area contributed by atoms with Crippen molar-refractivity contribution in [2.45, 2.75) is 30.4 Å². The molecule has 12 aromatic carbocycles. The zero-order valence-electron chi connectivity index (χ0n) is 38.4. The fourth-order valence-corrected chi connectivity index (χ4v) is 15.9. The Kier molecular flexibility index (Phi) is 8.24. The molecule has 330 valence electrons. The maximum atomic E-state index is 2.58. The molecule has 3 heteroatoms. The van der Waals surface area contributed by atoms with Gasteiger partial charge in [-0.15, -0.1) is 0 Å². The SMILES string of the molecule is c1ccc2c(c1)Sc1ccccc1C21c2ccccc2-c2cc(N(c3ccc4c5ccccc5c5ccccc5c4c3)c3cccc4c3-c3ccccc3C43c4ccccc4Sc4ccccc43)ccc21. The molecule has 0 saturated heterocycles. The van der Waals surface area contributed by atoms with E-state index < -0.39 is 10.8 Å². The average Bonchev–Trinajstić information content (AvgIpc) is 3.90. The monoisotopic (exact) mass is 935 g/mol. The van der Waals surface area contributed by atoms with Crippen LogP contribution >= 0.6 is 23.5 Å². The summed E-state index contributed by atoms with van der Waals surface area (Å²) in [5, 5.41) is 7.59. The summed E-state index contributed by atoms with van der Waals surface area (Å²) < 4.78 is 0. The molecule has 0 unspecified atom stereocenters. The van der Waals surface area contributed by atoms with Gasteiger partial charge in [0.15, 0.2) is 0 Å². The number of hydrogen-bond acceptors (Lipinski definition) is 3. The molecule has 4 aliphatic rings. The molecule has 0 saturated carbocycles. The third kappa shape index (κ3) is 5.14. The molecule has 1 nitrogen and oxygen atoms in total. The van der Waals surface area contributed by atoms with Crippen LogP contribution in [0, 0.1) is 0 Å². The van der Waals surface area contributed by atoms with Gasteiger partial charge >= 0.3 is 0 Å². The van der Waals surface area contributed by atoms with Gasteiger partial charge in [0.05, 0.1) is 16.5 Å². The summed E-state index contributed by atoms with van der Waals surface area (Å²) in [6.45, 7) is 0. The molecule has 0 radical (unpaired) electrons. The Hall–Kier alpha value is -8.08. The van der Waals surface area contributed by atoms with Crippen LogP contribution in [0.5, 0.6) is 0 Å². The number of rotatable bonds is 3.